The summed E-state index contributed by atoms with van der Waals surface area (Å²) in [4.78, 5) is 28.7. The molecule has 2 aromatic carbocycles. The number of carbonyl (C=O) groups is 2. The minimum atomic E-state index is -0.892. The molecule has 2 heterocycles. The van der Waals surface area contributed by atoms with Gasteiger partial charge in [0.25, 0.3) is 0 Å². The van der Waals surface area contributed by atoms with Crippen LogP contribution in [0.1, 0.15) is 54.1 Å². The summed E-state index contributed by atoms with van der Waals surface area (Å²) in [6, 6.07) is 11.9. The molecule has 1 saturated heterocycles. The third kappa shape index (κ3) is 2.92. The second kappa shape index (κ2) is 8.20. The largest absolute Gasteiger partial charge is 0.493 e. The quantitative estimate of drug-likeness (QED) is 0.411. The van der Waals surface area contributed by atoms with Crippen LogP contribution in [0.15, 0.2) is 48.6 Å². The molecule has 7 heteroatoms. The van der Waals surface area contributed by atoms with Gasteiger partial charge in [-0.05, 0) is 80.5 Å². The van der Waals surface area contributed by atoms with Gasteiger partial charge in [-0.2, -0.15) is 0 Å². The van der Waals surface area contributed by atoms with Crippen LogP contribution < -0.4 is 14.8 Å². The highest BCUT2D eigenvalue weighted by Gasteiger charge is 2.80. The van der Waals surface area contributed by atoms with Crippen molar-refractivity contribution in [2.45, 2.75) is 62.2 Å². The summed E-state index contributed by atoms with van der Waals surface area (Å²) in [5.74, 6) is 1.95. The van der Waals surface area contributed by atoms with Crippen molar-refractivity contribution in [3.63, 3.8) is 0 Å². The van der Waals surface area contributed by atoms with Crippen LogP contribution in [-0.2, 0) is 21.4 Å². The Labute approximate surface area is 234 Å². The van der Waals surface area contributed by atoms with Crippen molar-refractivity contribution < 1.29 is 23.8 Å². The molecule has 2 spiro atoms. The van der Waals surface area contributed by atoms with Crippen LogP contribution in [0, 0.1) is 17.3 Å². The fraction of sp³-hybridized carbons (Fsp3) is 0.515. The SMILES string of the molecule is COc1ccc2c3c1O[C@H]1[C@@]4(OC)C=C[C@@]5(C[C@@H]4C(=O)c4ccc(NC(C)=O)cc4)[C@@H](C2)N(CC2CC2)CC[C@]315. The number of anilines is 1. The van der Waals surface area contributed by atoms with Gasteiger partial charge in [0.15, 0.2) is 17.3 Å². The van der Waals surface area contributed by atoms with Crippen LogP contribution in [-0.4, -0.2) is 61.6 Å². The Balaban J connectivity index is 1.28. The van der Waals surface area contributed by atoms with Gasteiger partial charge < -0.3 is 19.5 Å². The molecule has 0 aromatic heterocycles. The first-order valence-electron chi connectivity index (χ1n) is 14.7. The number of hydrogen-bond acceptors (Lipinski definition) is 6. The number of ether oxygens (including phenoxy) is 3. The molecule has 0 radical (unpaired) electrons. The molecule has 5 aliphatic carbocycles. The van der Waals surface area contributed by atoms with Crippen LogP contribution in [0.4, 0.5) is 5.69 Å². The number of rotatable bonds is 7. The Morgan fingerprint density at radius 1 is 1.10 bits per heavy atom. The lowest BCUT2D eigenvalue weighted by Crippen LogP contribution is -2.79. The highest BCUT2D eigenvalue weighted by molar-refractivity contribution is 6.00. The zero-order chi connectivity index (χ0) is 27.4. The van der Waals surface area contributed by atoms with E-state index in [1.54, 1.807) is 26.4 Å². The van der Waals surface area contributed by atoms with Crippen molar-refractivity contribution in [2.75, 3.05) is 32.6 Å². The molecular weight excluding hydrogens is 504 g/mol. The van der Waals surface area contributed by atoms with Crippen molar-refractivity contribution in [3.8, 4) is 11.5 Å². The number of carbonyl (C=O) groups excluding carboxylic acids is 2. The molecule has 2 aromatic rings. The summed E-state index contributed by atoms with van der Waals surface area (Å²) in [6.07, 6.45) is 9.61. The maximum atomic E-state index is 14.4. The van der Waals surface area contributed by atoms with Crippen molar-refractivity contribution in [3.05, 3.63) is 65.2 Å². The molecule has 7 nitrogen and oxygen atoms in total. The van der Waals surface area contributed by atoms with Gasteiger partial charge in [0.1, 0.15) is 11.7 Å². The Morgan fingerprint density at radius 2 is 1.90 bits per heavy atom. The molecule has 2 saturated carbocycles. The van der Waals surface area contributed by atoms with Crippen LogP contribution in [0.5, 0.6) is 11.5 Å². The summed E-state index contributed by atoms with van der Waals surface area (Å²) >= 11 is 0. The molecular formula is C33H36N2O5. The van der Waals surface area contributed by atoms with Gasteiger partial charge in [-0.3, -0.25) is 14.5 Å². The summed E-state index contributed by atoms with van der Waals surface area (Å²) in [5, 5.41) is 2.80. The van der Waals surface area contributed by atoms with E-state index in [1.165, 1.54) is 30.9 Å². The monoisotopic (exact) mass is 540 g/mol. The van der Waals surface area contributed by atoms with Gasteiger partial charge in [0.2, 0.25) is 5.91 Å². The van der Waals surface area contributed by atoms with Crippen molar-refractivity contribution in [1.82, 2.24) is 4.90 Å². The number of fused-ring (bicyclic) bond motifs is 1. The molecule has 9 rings (SSSR count). The maximum absolute atomic E-state index is 14.4. The van der Waals surface area contributed by atoms with Gasteiger partial charge in [-0.1, -0.05) is 18.2 Å². The van der Waals surface area contributed by atoms with Crippen LogP contribution in [0.3, 0.4) is 0 Å². The molecule has 4 bridgehead atoms. The molecule has 2 aliphatic heterocycles. The van der Waals surface area contributed by atoms with E-state index in [0.29, 0.717) is 17.3 Å². The van der Waals surface area contributed by atoms with E-state index in [0.717, 1.165) is 49.8 Å². The van der Waals surface area contributed by atoms with Crippen molar-refractivity contribution in [1.29, 1.82) is 0 Å². The first-order chi connectivity index (χ1) is 19.4. The predicted octanol–water partition coefficient (Wildman–Crippen LogP) is 4.54. The second-order valence-electron chi connectivity index (χ2n) is 12.8. The van der Waals surface area contributed by atoms with E-state index < -0.39 is 11.5 Å². The predicted molar refractivity (Wildman–Crippen MR) is 150 cm³/mol. The molecule has 0 unspecified atom stereocenters. The molecule has 6 atom stereocenters. The van der Waals surface area contributed by atoms with Crippen molar-refractivity contribution in [2.24, 2.45) is 17.3 Å². The maximum Gasteiger partial charge on any atom is 0.221 e. The summed E-state index contributed by atoms with van der Waals surface area (Å²) in [5.41, 5.74) is 2.59. The van der Waals surface area contributed by atoms with Gasteiger partial charge >= 0.3 is 0 Å². The molecule has 208 valence electrons. The number of nitrogens with zero attached hydrogens (tertiary/aromatic N) is 1. The second-order valence-corrected chi connectivity index (χ2v) is 12.8. The molecule has 1 amide bonds. The smallest absolute Gasteiger partial charge is 0.221 e. The van der Waals surface area contributed by atoms with Crippen LogP contribution in [0.2, 0.25) is 0 Å². The first-order valence-corrected chi connectivity index (χ1v) is 14.7. The highest BCUT2D eigenvalue weighted by Crippen LogP contribution is 2.75. The lowest BCUT2D eigenvalue weighted by molar-refractivity contribution is -0.206. The Morgan fingerprint density at radius 3 is 2.60 bits per heavy atom. The molecule has 7 aliphatic rings. The molecule has 3 fully saturated rings. The minimum Gasteiger partial charge on any atom is -0.493 e. The van der Waals surface area contributed by atoms with E-state index in [1.807, 2.05) is 12.1 Å². The van der Waals surface area contributed by atoms with E-state index in [4.69, 9.17) is 14.2 Å². The average Bonchev–Trinajstić information content (AvgIpc) is 3.71. The normalized spacial score (nSPS) is 36.1. The zero-order valence-corrected chi connectivity index (χ0v) is 23.4. The van der Waals surface area contributed by atoms with Crippen LogP contribution in [0.25, 0.3) is 0 Å². The fourth-order valence-corrected chi connectivity index (χ4v) is 9.35. The number of amides is 1. The average molecular weight is 541 g/mol. The molecule has 40 heavy (non-hydrogen) atoms. The number of methoxy groups -OCH3 is 2. The number of nitrogens with one attached hydrogen (secondary N) is 1. The zero-order valence-electron chi connectivity index (χ0n) is 23.4. The number of ketones is 1. The fourth-order valence-electron chi connectivity index (χ4n) is 9.35. The lowest BCUT2D eigenvalue weighted by Gasteiger charge is -2.71. The van der Waals surface area contributed by atoms with E-state index in [2.05, 4.69) is 34.5 Å². The highest BCUT2D eigenvalue weighted by atomic mass is 16.6. The van der Waals surface area contributed by atoms with E-state index in [9.17, 15) is 9.59 Å². The van der Waals surface area contributed by atoms with Crippen molar-refractivity contribution >= 4 is 17.4 Å². The summed E-state index contributed by atoms with van der Waals surface area (Å²) < 4.78 is 19.3. The third-order valence-electron chi connectivity index (χ3n) is 11.1. The number of piperidine rings is 1. The first kappa shape index (κ1) is 24.6. The van der Waals surface area contributed by atoms with Gasteiger partial charge in [-0.25, -0.2) is 0 Å². The number of Topliss-reactive ketones (excluding diaryl/α,β-unsaturated/α-hetero) is 1. The van der Waals surface area contributed by atoms with Gasteiger partial charge in [0.05, 0.1) is 18.4 Å². The number of benzene rings is 2. The summed E-state index contributed by atoms with van der Waals surface area (Å²) in [6.45, 7) is 3.66. The van der Waals surface area contributed by atoms with Gasteiger partial charge in [0, 0.05) is 48.8 Å². The Bertz CT molecular complexity index is 1460. The Hall–Kier alpha value is -3.16. The van der Waals surface area contributed by atoms with Gasteiger partial charge in [-0.15, -0.1) is 0 Å². The topological polar surface area (TPSA) is 77.1 Å². The standard InChI is InChI=1S/C33H36N2O5/c1-19(36)34-23-9-6-21(7-10-23)28(37)24-17-31-12-13-33(24,39-3)30-32(31)14-15-35(18-20-4-5-20)26(31)16-22-8-11-25(38-2)29(40-30)27(22)32/h6-13,20,24,26,30H,4-5,14-18H2,1-3H3,(H,34,36)/t24-,26-,30-,31-,32+,33-/m1/s1. The minimum absolute atomic E-state index is 0.0685. The Kier molecular flexibility index (Phi) is 5.05. The van der Waals surface area contributed by atoms with E-state index in [-0.39, 0.29) is 28.6 Å². The number of likely N-dealkylation sites (tertiary alicyclic amines) is 1. The molecule has 1 N–H and O–H groups in total. The number of hydrogen-bond donors (Lipinski definition) is 1. The third-order valence-corrected chi connectivity index (χ3v) is 11.1. The van der Waals surface area contributed by atoms with Crippen LogP contribution >= 0.6 is 0 Å². The summed E-state index contributed by atoms with van der Waals surface area (Å²) in [7, 11) is 3.43. The lowest BCUT2D eigenvalue weighted by atomic mass is 9.36. The van der Waals surface area contributed by atoms with E-state index >= 15 is 0 Å².